The minimum atomic E-state index is -0.697. The molecule has 34 heavy (non-hydrogen) atoms. The number of benzene rings is 1. The lowest BCUT2D eigenvalue weighted by atomic mass is 9.98. The van der Waals surface area contributed by atoms with Gasteiger partial charge in [0.1, 0.15) is 16.2 Å². The van der Waals surface area contributed by atoms with Crippen LogP contribution >= 0.6 is 11.3 Å². The number of aryl methyl sites for hydroxylation is 1. The van der Waals surface area contributed by atoms with Crippen LogP contribution in [0.4, 0.5) is 9.18 Å². The molecule has 2 fully saturated rings. The quantitative estimate of drug-likeness (QED) is 0.397. The molecule has 5 rings (SSSR count). The van der Waals surface area contributed by atoms with Gasteiger partial charge in [-0.25, -0.2) is 9.18 Å². The summed E-state index contributed by atoms with van der Waals surface area (Å²) in [5.74, 6) is -0.612. The molecule has 1 saturated carbocycles. The Labute approximate surface area is 200 Å². The number of fused-ring (bicyclic) bond motifs is 1. The van der Waals surface area contributed by atoms with Gasteiger partial charge in [0.25, 0.3) is 11.8 Å². The van der Waals surface area contributed by atoms with Crippen molar-refractivity contribution in [3.05, 3.63) is 52.3 Å². The molecule has 178 valence electrons. The largest absolute Gasteiger partial charge is 0.351 e. The number of imide groups is 1. The van der Waals surface area contributed by atoms with Crippen molar-refractivity contribution in [1.82, 2.24) is 25.3 Å². The van der Waals surface area contributed by atoms with Gasteiger partial charge in [0.2, 0.25) is 0 Å². The summed E-state index contributed by atoms with van der Waals surface area (Å²) in [4.78, 5) is 40.4. The minimum absolute atomic E-state index is 0.132. The molecule has 0 atom stereocenters. The third-order valence-corrected chi connectivity index (χ3v) is 7.77. The lowest BCUT2D eigenvalue weighted by molar-refractivity contribution is -0.131. The second-order valence-corrected chi connectivity index (χ2v) is 10.0. The van der Waals surface area contributed by atoms with E-state index >= 15 is 0 Å². The molecule has 0 radical (unpaired) electrons. The topological polar surface area (TPSA) is 96.3 Å². The molecular weight excluding hydrogens is 457 g/mol. The fraction of sp³-hybridized carbons (Fsp3) is 0.417. The maximum atomic E-state index is 13.2. The summed E-state index contributed by atoms with van der Waals surface area (Å²) in [5, 5.41) is 11.2. The van der Waals surface area contributed by atoms with E-state index in [2.05, 4.69) is 15.7 Å². The Bertz CT molecular complexity index is 1260. The SMILES string of the molecule is Cc1nn(Cc2ccc(F)cc2)c2sc(C(=O)NCCCN3C(=O)NC4(CCCC4)C3=O)cc12. The molecule has 1 aliphatic heterocycles. The maximum absolute atomic E-state index is 13.2. The lowest BCUT2D eigenvalue weighted by Gasteiger charge is -2.20. The Morgan fingerprint density at radius 2 is 1.97 bits per heavy atom. The monoisotopic (exact) mass is 483 g/mol. The van der Waals surface area contributed by atoms with E-state index in [1.807, 2.05) is 17.7 Å². The molecule has 1 aromatic carbocycles. The third-order valence-electron chi connectivity index (χ3n) is 6.62. The Balaban J connectivity index is 1.18. The molecule has 1 aliphatic carbocycles. The number of thiophene rings is 1. The molecule has 0 bridgehead atoms. The van der Waals surface area contributed by atoms with Crippen LogP contribution in [0.15, 0.2) is 30.3 Å². The normalized spacial score (nSPS) is 17.2. The molecule has 2 aliphatic rings. The predicted octanol–water partition coefficient (Wildman–Crippen LogP) is 3.58. The van der Waals surface area contributed by atoms with Crippen LogP contribution in [-0.4, -0.2) is 51.2 Å². The van der Waals surface area contributed by atoms with Gasteiger partial charge < -0.3 is 10.6 Å². The fourth-order valence-electron chi connectivity index (χ4n) is 4.82. The number of amides is 4. The van der Waals surface area contributed by atoms with Gasteiger partial charge in [-0.2, -0.15) is 5.10 Å². The number of nitrogens with one attached hydrogen (secondary N) is 2. The second-order valence-electron chi connectivity index (χ2n) is 8.98. The predicted molar refractivity (Wildman–Crippen MR) is 126 cm³/mol. The average Bonchev–Trinajstić information content (AvgIpc) is 3.56. The number of hydrogen-bond acceptors (Lipinski definition) is 5. The molecule has 2 aromatic heterocycles. The first kappa shape index (κ1) is 22.5. The number of halogens is 1. The maximum Gasteiger partial charge on any atom is 0.325 e. The lowest BCUT2D eigenvalue weighted by Crippen LogP contribution is -2.44. The molecule has 4 amide bonds. The van der Waals surface area contributed by atoms with Crippen molar-refractivity contribution < 1.29 is 18.8 Å². The first-order valence-electron chi connectivity index (χ1n) is 11.5. The highest BCUT2D eigenvalue weighted by Gasteiger charge is 2.51. The highest BCUT2D eigenvalue weighted by atomic mass is 32.1. The van der Waals surface area contributed by atoms with Crippen molar-refractivity contribution in [3.63, 3.8) is 0 Å². The smallest absolute Gasteiger partial charge is 0.325 e. The molecule has 3 aromatic rings. The summed E-state index contributed by atoms with van der Waals surface area (Å²) in [6.45, 7) is 3.02. The van der Waals surface area contributed by atoms with E-state index in [1.54, 1.807) is 12.1 Å². The van der Waals surface area contributed by atoms with Crippen molar-refractivity contribution in [2.24, 2.45) is 0 Å². The summed E-state index contributed by atoms with van der Waals surface area (Å²) in [6.07, 6.45) is 3.80. The number of nitrogens with zero attached hydrogens (tertiary/aromatic N) is 3. The third kappa shape index (κ3) is 4.06. The van der Waals surface area contributed by atoms with Crippen molar-refractivity contribution >= 4 is 39.4 Å². The van der Waals surface area contributed by atoms with Crippen LogP contribution in [0.5, 0.6) is 0 Å². The summed E-state index contributed by atoms with van der Waals surface area (Å²) in [6, 6.07) is 7.79. The van der Waals surface area contributed by atoms with E-state index < -0.39 is 5.54 Å². The Kier molecular flexibility index (Phi) is 5.85. The number of urea groups is 1. The van der Waals surface area contributed by atoms with Crippen LogP contribution in [0.1, 0.15) is 53.0 Å². The van der Waals surface area contributed by atoms with Crippen molar-refractivity contribution in [2.75, 3.05) is 13.1 Å². The molecule has 0 unspecified atom stereocenters. The number of carbonyl (C=O) groups excluding carboxylic acids is 3. The zero-order chi connectivity index (χ0) is 23.9. The summed E-state index contributed by atoms with van der Waals surface area (Å²) in [5.41, 5.74) is 1.05. The molecule has 2 N–H and O–H groups in total. The van der Waals surface area contributed by atoms with Crippen LogP contribution in [0, 0.1) is 12.7 Å². The fourth-order valence-corrected chi connectivity index (χ4v) is 5.89. The van der Waals surface area contributed by atoms with Crippen molar-refractivity contribution in [3.8, 4) is 0 Å². The van der Waals surface area contributed by atoms with Gasteiger partial charge in [0, 0.05) is 18.5 Å². The highest BCUT2D eigenvalue weighted by molar-refractivity contribution is 7.20. The van der Waals surface area contributed by atoms with E-state index in [4.69, 9.17) is 0 Å². The van der Waals surface area contributed by atoms with Gasteiger partial charge in [-0.15, -0.1) is 11.3 Å². The Hall–Kier alpha value is -3.27. The van der Waals surface area contributed by atoms with Gasteiger partial charge in [0.15, 0.2) is 0 Å². The summed E-state index contributed by atoms with van der Waals surface area (Å²) < 4.78 is 15.0. The van der Waals surface area contributed by atoms with E-state index in [-0.39, 0.29) is 30.2 Å². The van der Waals surface area contributed by atoms with Gasteiger partial charge >= 0.3 is 6.03 Å². The second kappa shape index (κ2) is 8.83. The summed E-state index contributed by atoms with van der Waals surface area (Å²) in [7, 11) is 0. The van der Waals surface area contributed by atoms with Gasteiger partial charge in [-0.3, -0.25) is 19.2 Å². The first-order chi connectivity index (χ1) is 16.4. The van der Waals surface area contributed by atoms with Gasteiger partial charge in [-0.1, -0.05) is 25.0 Å². The van der Waals surface area contributed by atoms with Crippen LogP contribution < -0.4 is 10.6 Å². The highest BCUT2D eigenvalue weighted by Crippen LogP contribution is 2.35. The first-order valence-corrected chi connectivity index (χ1v) is 12.3. The number of carbonyl (C=O) groups is 3. The Morgan fingerprint density at radius 1 is 1.24 bits per heavy atom. The standard InChI is InChI=1S/C24H26FN5O3S/c1-15-18-13-19(34-21(18)30(28-15)14-16-5-7-17(25)8-6-16)20(31)26-11-4-12-29-22(32)24(27-23(29)33)9-2-3-10-24/h5-8,13H,2-4,9-12,14H2,1H3,(H,26,31)(H,27,33). The van der Waals surface area contributed by atoms with Crippen LogP contribution in [0.3, 0.4) is 0 Å². The molecule has 1 saturated heterocycles. The molecular formula is C24H26FN5O3S. The minimum Gasteiger partial charge on any atom is -0.351 e. The molecule has 1 spiro atoms. The van der Waals surface area contributed by atoms with E-state index in [0.29, 0.717) is 37.2 Å². The van der Waals surface area contributed by atoms with E-state index in [1.165, 1.54) is 28.4 Å². The zero-order valence-electron chi connectivity index (χ0n) is 18.9. The Morgan fingerprint density at radius 3 is 2.71 bits per heavy atom. The number of rotatable bonds is 7. The van der Waals surface area contributed by atoms with E-state index in [0.717, 1.165) is 34.3 Å². The van der Waals surface area contributed by atoms with Crippen molar-refractivity contribution in [2.45, 2.75) is 51.1 Å². The molecule has 8 nitrogen and oxygen atoms in total. The van der Waals surface area contributed by atoms with Crippen LogP contribution in [0.2, 0.25) is 0 Å². The van der Waals surface area contributed by atoms with Gasteiger partial charge in [0.05, 0.1) is 17.1 Å². The zero-order valence-corrected chi connectivity index (χ0v) is 19.7. The molecule has 10 heteroatoms. The number of aromatic nitrogens is 2. The van der Waals surface area contributed by atoms with Crippen LogP contribution in [0.25, 0.3) is 10.2 Å². The van der Waals surface area contributed by atoms with Crippen LogP contribution in [-0.2, 0) is 11.3 Å². The average molecular weight is 484 g/mol. The summed E-state index contributed by atoms with van der Waals surface area (Å²) >= 11 is 1.36. The van der Waals surface area contributed by atoms with Crippen molar-refractivity contribution in [1.29, 1.82) is 0 Å². The molecule has 3 heterocycles. The van der Waals surface area contributed by atoms with E-state index in [9.17, 15) is 18.8 Å². The van der Waals surface area contributed by atoms with Gasteiger partial charge in [-0.05, 0) is 49.9 Å². The number of hydrogen-bond donors (Lipinski definition) is 2.